The van der Waals surface area contributed by atoms with Crippen LogP contribution in [0.15, 0.2) is 6.33 Å². The monoisotopic (exact) mass is 256 g/mol. The molecular formula is C11H16N2O5. The molecule has 0 aliphatic rings. The molecule has 0 atom stereocenters. The van der Waals surface area contributed by atoms with Crippen LogP contribution in [0.1, 0.15) is 41.7 Å². The minimum absolute atomic E-state index is 0.235. The van der Waals surface area contributed by atoms with Crippen molar-refractivity contribution in [1.82, 2.24) is 9.55 Å². The van der Waals surface area contributed by atoms with Gasteiger partial charge in [0, 0.05) is 6.54 Å². The Labute approximate surface area is 104 Å². The van der Waals surface area contributed by atoms with E-state index in [1.165, 1.54) is 10.9 Å². The molecule has 0 amide bonds. The molecule has 7 heteroatoms. The number of ether oxygens (including phenoxy) is 1. The fourth-order valence-electron chi connectivity index (χ4n) is 1.38. The van der Waals surface area contributed by atoms with Crippen LogP contribution in [0.2, 0.25) is 0 Å². The topological polar surface area (TPSA) is 102 Å². The number of aromatic nitrogens is 2. The van der Waals surface area contributed by atoms with Crippen LogP contribution in [0.4, 0.5) is 0 Å². The molecule has 0 aliphatic heterocycles. The van der Waals surface area contributed by atoms with Crippen molar-refractivity contribution < 1.29 is 24.5 Å². The molecule has 100 valence electrons. The first-order valence-corrected chi connectivity index (χ1v) is 5.38. The van der Waals surface area contributed by atoms with E-state index in [1.807, 2.05) is 20.8 Å². The molecule has 0 fully saturated rings. The third-order valence-corrected chi connectivity index (χ3v) is 2.11. The molecule has 0 unspecified atom stereocenters. The summed E-state index contributed by atoms with van der Waals surface area (Å²) in [5, 5.41) is 17.8. The van der Waals surface area contributed by atoms with Crippen LogP contribution in [0.25, 0.3) is 0 Å². The standard InChI is InChI=1S/C11H16N2O5/c1-11(2,3)18-5-4-13-6-12-7(9(14)15)8(13)10(16)17/h6H,4-5H2,1-3H3,(H,14,15)(H,16,17). The van der Waals surface area contributed by atoms with Crippen LogP contribution in [-0.4, -0.2) is 43.9 Å². The molecule has 0 aliphatic carbocycles. The largest absolute Gasteiger partial charge is 0.476 e. The second-order valence-corrected chi connectivity index (χ2v) is 4.71. The summed E-state index contributed by atoms with van der Waals surface area (Å²) in [7, 11) is 0. The third kappa shape index (κ3) is 3.56. The van der Waals surface area contributed by atoms with Crippen molar-refractivity contribution in [2.24, 2.45) is 0 Å². The molecule has 18 heavy (non-hydrogen) atoms. The van der Waals surface area contributed by atoms with Gasteiger partial charge in [0.2, 0.25) is 0 Å². The molecule has 1 aromatic rings. The lowest BCUT2D eigenvalue weighted by Crippen LogP contribution is -2.23. The van der Waals surface area contributed by atoms with E-state index in [1.54, 1.807) is 0 Å². The number of carboxylic acids is 2. The minimum Gasteiger partial charge on any atom is -0.476 e. The number of aromatic carboxylic acids is 2. The van der Waals surface area contributed by atoms with Gasteiger partial charge in [-0.1, -0.05) is 0 Å². The molecular weight excluding hydrogens is 240 g/mol. The van der Waals surface area contributed by atoms with Crippen LogP contribution in [0, 0.1) is 0 Å². The molecule has 0 bridgehead atoms. The molecule has 0 saturated heterocycles. The van der Waals surface area contributed by atoms with Crippen molar-refractivity contribution in [3.63, 3.8) is 0 Å². The average Bonchev–Trinajstić information content (AvgIpc) is 2.59. The maximum atomic E-state index is 11.0. The SMILES string of the molecule is CC(C)(C)OCCn1cnc(C(=O)O)c1C(=O)O. The van der Waals surface area contributed by atoms with Gasteiger partial charge in [-0.3, -0.25) is 0 Å². The molecule has 0 saturated carbocycles. The summed E-state index contributed by atoms with van der Waals surface area (Å²) in [6, 6.07) is 0. The Bertz CT molecular complexity index is 458. The number of hydrogen-bond donors (Lipinski definition) is 2. The third-order valence-electron chi connectivity index (χ3n) is 2.11. The van der Waals surface area contributed by atoms with Crippen molar-refractivity contribution in [2.45, 2.75) is 32.9 Å². The molecule has 0 spiro atoms. The smallest absolute Gasteiger partial charge is 0.357 e. The van der Waals surface area contributed by atoms with Crippen LogP contribution >= 0.6 is 0 Å². The van der Waals surface area contributed by atoms with E-state index in [2.05, 4.69) is 4.98 Å². The van der Waals surface area contributed by atoms with Gasteiger partial charge in [0.25, 0.3) is 0 Å². The van der Waals surface area contributed by atoms with Gasteiger partial charge in [0.15, 0.2) is 11.4 Å². The molecule has 0 aromatic carbocycles. The fourth-order valence-corrected chi connectivity index (χ4v) is 1.38. The van der Waals surface area contributed by atoms with Gasteiger partial charge in [-0.15, -0.1) is 0 Å². The Hall–Kier alpha value is -1.89. The first-order chi connectivity index (χ1) is 8.22. The summed E-state index contributed by atoms with van der Waals surface area (Å²) in [5.74, 6) is -2.68. The van der Waals surface area contributed by atoms with Gasteiger partial charge in [-0.25, -0.2) is 14.6 Å². The summed E-state index contributed by atoms with van der Waals surface area (Å²) in [6.07, 6.45) is 1.19. The lowest BCUT2D eigenvalue weighted by molar-refractivity contribution is -0.00710. The Kier molecular flexibility index (Phi) is 4.07. The number of nitrogens with zero attached hydrogens (tertiary/aromatic N) is 2. The number of rotatable bonds is 5. The van der Waals surface area contributed by atoms with Gasteiger partial charge < -0.3 is 19.5 Å². The van der Waals surface area contributed by atoms with E-state index >= 15 is 0 Å². The fraction of sp³-hybridized carbons (Fsp3) is 0.545. The molecule has 1 heterocycles. The van der Waals surface area contributed by atoms with E-state index in [0.29, 0.717) is 0 Å². The van der Waals surface area contributed by atoms with Crippen molar-refractivity contribution in [2.75, 3.05) is 6.61 Å². The van der Waals surface area contributed by atoms with Crippen LogP contribution in [0.3, 0.4) is 0 Å². The van der Waals surface area contributed by atoms with Gasteiger partial charge >= 0.3 is 11.9 Å². The number of hydrogen-bond acceptors (Lipinski definition) is 4. The quantitative estimate of drug-likeness (QED) is 0.817. The van der Waals surface area contributed by atoms with Gasteiger partial charge in [0.1, 0.15) is 0 Å². The summed E-state index contributed by atoms with van der Waals surface area (Å²) in [5.41, 5.74) is -1.13. The highest BCUT2D eigenvalue weighted by Gasteiger charge is 2.23. The summed E-state index contributed by atoms with van der Waals surface area (Å²) < 4.78 is 6.71. The number of imidazole rings is 1. The second-order valence-electron chi connectivity index (χ2n) is 4.71. The zero-order chi connectivity index (χ0) is 13.9. The maximum absolute atomic E-state index is 11.0. The van der Waals surface area contributed by atoms with Crippen molar-refractivity contribution in [1.29, 1.82) is 0 Å². The molecule has 1 aromatic heterocycles. The van der Waals surface area contributed by atoms with E-state index in [-0.39, 0.29) is 24.4 Å². The highest BCUT2D eigenvalue weighted by molar-refractivity contribution is 5.99. The van der Waals surface area contributed by atoms with E-state index < -0.39 is 17.6 Å². The van der Waals surface area contributed by atoms with Gasteiger partial charge in [-0.05, 0) is 20.8 Å². The first-order valence-electron chi connectivity index (χ1n) is 5.38. The Balaban J connectivity index is 2.84. The van der Waals surface area contributed by atoms with Crippen molar-refractivity contribution in [3.05, 3.63) is 17.7 Å². The second kappa shape index (κ2) is 5.18. The molecule has 2 N–H and O–H groups in total. The highest BCUT2D eigenvalue weighted by Crippen LogP contribution is 2.10. The summed E-state index contributed by atoms with van der Waals surface area (Å²) in [6.45, 7) is 6.14. The van der Waals surface area contributed by atoms with E-state index in [9.17, 15) is 9.59 Å². The van der Waals surface area contributed by atoms with Crippen LogP contribution < -0.4 is 0 Å². The Morgan fingerprint density at radius 2 is 1.94 bits per heavy atom. The van der Waals surface area contributed by atoms with Crippen molar-refractivity contribution >= 4 is 11.9 Å². The Morgan fingerprint density at radius 1 is 1.33 bits per heavy atom. The van der Waals surface area contributed by atoms with E-state index in [4.69, 9.17) is 14.9 Å². The highest BCUT2D eigenvalue weighted by atomic mass is 16.5. The summed E-state index contributed by atoms with van der Waals surface area (Å²) in [4.78, 5) is 25.4. The lowest BCUT2D eigenvalue weighted by atomic mass is 10.2. The normalized spacial score (nSPS) is 11.5. The lowest BCUT2D eigenvalue weighted by Gasteiger charge is -2.19. The van der Waals surface area contributed by atoms with Gasteiger partial charge in [0.05, 0.1) is 18.5 Å². The van der Waals surface area contributed by atoms with E-state index in [0.717, 1.165) is 0 Å². The Morgan fingerprint density at radius 3 is 2.39 bits per heavy atom. The van der Waals surface area contributed by atoms with Gasteiger partial charge in [-0.2, -0.15) is 0 Å². The molecule has 0 radical (unpaired) electrons. The zero-order valence-corrected chi connectivity index (χ0v) is 10.5. The van der Waals surface area contributed by atoms with Crippen molar-refractivity contribution in [3.8, 4) is 0 Å². The minimum atomic E-state index is -1.36. The summed E-state index contributed by atoms with van der Waals surface area (Å²) >= 11 is 0. The van der Waals surface area contributed by atoms with Crippen LogP contribution in [0.5, 0.6) is 0 Å². The predicted octanol–water partition coefficient (Wildman–Crippen LogP) is 1.09. The number of carbonyl (C=O) groups is 2. The maximum Gasteiger partial charge on any atom is 0.357 e. The first kappa shape index (κ1) is 14.2. The molecule has 7 nitrogen and oxygen atoms in total. The number of carboxylic acid groups (broad SMARTS) is 2. The zero-order valence-electron chi connectivity index (χ0n) is 10.5. The predicted molar refractivity (Wildman–Crippen MR) is 61.9 cm³/mol. The molecule has 1 rings (SSSR count). The van der Waals surface area contributed by atoms with Crippen LogP contribution in [-0.2, 0) is 11.3 Å². The average molecular weight is 256 g/mol.